The third-order valence-electron chi connectivity index (χ3n) is 3.54. The molecule has 1 unspecified atom stereocenters. The number of nitrogens with one attached hydrogen (secondary N) is 1. The smallest absolute Gasteiger partial charge is 0.143 e. The summed E-state index contributed by atoms with van der Waals surface area (Å²) in [6, 6.07) is 3.29. The van der Waals surface area contributed by atoms with E-state index in [4.69, 9.17) is 17.3 Å². The molecule has 1 aromatic rings. The van der Waals surface area contributed by atoms with E-state index in [1.54, 1.807) is 0 Å². The fourth-order valence-electron chi connectivity index (χ4n) is 2.35. The lowest BCUT2D eigenvalue weighted by molar-refractivity contribution is 0.194. The summed E-state index contributed by atoms with van der Waals surface area (Å²) in [6.07, 6.45) is 3.67. The third kappa shape index (κ3) is 3.06. The molecular formula is C13H19ClFN3. The fraction of sp³-hybridized carbons (Fsp3) is 0.538. The number of halogens is 2. The number of benzene rings is 1. The predicted octanol–water partition coefficient (Wildman–Crippen LogP) is 2.96. The van der Waals surface area contributed by atoms with Gasteiger partial charge >= 0.3 is 0 Å². The van der Waals surface area contributed by atoms with Crippen molar-refractivity contribution in [2.75, 3.05) is 31.2 Å². The maximum absolute atomic E-state index is 13.4. The van der Waals surface area contributed by atoms with Crippen LogP contribution in [0, 0.1) is 5.82 Å². The molecule has 0 saturated carbocycles. The van der Waals surface area contributed by atoms with Crippen LogP contribution in [0.1, 0.15) is 19.3 Å². The summed E-state index contributed by atoms with van der Waals surface area (Å²) in [5, 5.41) is 3.28. The Morgan fingerprint density at radius 1 is 1.50 bits per heavy atom. The molecule has 1 saturated heterocycles. The summed E-state index contributed by atoms with van der Waals surface area (Å²) < 4.78 is 13.4. The molecule has 18 heavy (non-hydrogen) atoms. The minimum absolute atomic E-state index is 0.0628. The molecule has 1 aromatic carbocycles. The monoisotopic (exact) mass is 271 g/mol. The summed E-state index contributed by atoms with van der Waals surface area (Å²) in [4.78, 5) is 2.33. The van der Waals surface area contributed by atoms with Gasteiger partial charge in [-0.25, -0.2) is 4.39 Å². The van der Waals surface area contributed by atoms with Crippen molar-refractivity contribution in [2.45, 2.75) is 25.3 Å². The van der Waals surface area contributed by atoms with Crippen LogP contribution in [-0.4, -0.2) is 31.1 Å². The first kappa shape index (κ1) is 13.4. The Bertz CT molecular complexity index is 425. The average molecular weight is 272 g/mol. The van der Waals surface area contributed by atoms with Gasteiger partial charge in [-0.2, -0.15) is 0 Å². The molecule has 100 valence electrons. The highest BCUT2D eigenvalue weighted by atomic mass is 35.5. The first-order chi connectivity index (χ1) is 8.58. The van der Waals surface area contributed by atoms with Gasteiger partial charge in [-0.05, 0) is 32.5 Å². The molecule has 0 amide bonds. The normalized spacial score (nSPS) is 20.9. The van der Waals surface area contributed by atoms with Gasteiger partial charge in [0.05, 0.1) is 16.4 Å². The van der Waals surface area contributed by atoms with Crippen LogP contribution in [0.25, 0.3) is 0 Å². The van der Waals surface area contributed by atoms with Crippen LogP contribution in [0.4, 0.5) is 15.8 Å². The first-order valence-corrected chi connectivity index (χ1v) is 6.64. The van der Waals surface area contributed by atoms with Gasteiger partial charge in [0.1, 0.15) is 5.82 Å². The van der Waals surface area contributed by atoms with E-state index in [2.05, 4.69) is 17.3 Å². The van der Waals surface area contributed by atoms with Crippen molar-refractivity contribution in [1.82, 2.24) is 4.90 Å². The van der Waals surface area contributed by atoms with E-state index in [0.29, 0.717) is 17.4 Å². The Labute approximate surface area is 112 Å². The van der Waals surface area contributed by atoms with E-state index in [1.807, 2.05) is 0 Å². The third-order valence-corrected chi connectivity index (χ3v) is 3.83. The molecule has 3 N–H and O–H groups in total. The zero-order chi connectivity index (χ0) is 13.1. The van der Waals surface area contributed by atoms with Gasteiger partial charge in [-0.3, -0.25) is 0 Å². The Morgan fingerprint density at radius 3 is 3.00 bits per heavy atom. The molecule has 2 rings (SSSR count). The lowest BCUT2D eigenvalue weighted by atomic mass is 10.0. The van der Waals surface area contributed by atoms with Gasteiger partial charge in [-0.1, -0.05) is 18.0 Å². The molecule has 0 aliphatic carbocycles. The standard InChI is InChI=1S/C13H19ClFN3/c1-18-5-3-2-4-9(18)8-17-13-7-11(15)10(14)6-12(13)16/h6-7,9,17H,2-5,8,16H2,1H3. The van der Waals surface area contributed by atoms with Crippen molar-refractivity contribution >= 4 is 23.0 Å². The predicted molar refractivity (Wildman–Crippen MR) is 74.6 cm³/mol. The van der Waals surface area contributed by atoms with Crippen molar-refractivity contribution in [3.63, 3.8) is 0 Å². The lowest BCUT2D eigenvalue weighted by Gasteiger charge is -2.32. The van der Waals surface area contributed by atoms with Crippen molar-refractivity contribution in [1.29, 1.82) is 0 Å². The second-order valence-corrected chi connectivity index (χ2v) is 5.27. The fourth-order valence-corrected chi connectivity index (χ4v) is 2.52. The minimum Gasteiger partial charge on any atom is -0.397 e. The van der Waals surface area contributed by atoms with Gasteiger partial charge in [-0.15, -0.1) is 0 Å². The first-order valence-electron chi connectivity index (χ1n) is 6.26. The van der Waals surface area contributed by atoms with Crippen molar-refractivity contribution in [3.05, 3.63) is 23.0 Å². The van der Waals surface area contributed by atoms with E-state index in [0.717, 1.165) is 13.1 Å². The van der Waals surface area contributed by atoms with Gasteiger partial charge in [0, 0.05) is 18.7 Å². The number of nitrogens with two attached hydrogens (primary N) is 1. The van der Waals surface area contributed by atoms with Gasteiger partial charge in [0.25, 0.3) is 0 Å². The molecule has 0 spiro atoms. The van der Waals surface area contributed by atoms with Crippen LogP contribution >= 0.6 is 11.6 Å². The zero-order valence-electron chi connectivity index (χ0n) is 10.5. The maximum atomic E-state index is 13.4. The number of nitrogen functional groups attached to an aromatic ring is 1. The maximum Gasteiger partial charge on any atom is 0.143 e. The van der Waals surface area contributed by atoms with Gasteiger partial charge in [0.15, 0.2) is 0 Å². The number of hydrogen-bond donors (Lipinski definition) is 2. The Balaban J connectivity index is 1.99. The molecule has 1 fully saturated rings. The topological polar surface area (TPSA) is 41.3 Å². The molecule has 0 radical (unpaired) electrons. The number of rotatable bonds is 3. The number of piperidine rings is 1. The molecule has 3 nitrogen and oxygen atoms in total. The highest BCUT2D eigenvalue weighted by Crippen LogP contribution is 2.26. The zero-order valence-corrected chi connectivity index (χ0v) is 11.3. The highest BCUT2D eigenvalue weighted by molar-refractivity contribution is 6.31. The van der Waals surface area contributed by atoms with Gasteiger partial charge in [0.2, 0.25) is 0 Å². The summed E-state index contributed by atoms with van der Waals surface area (Å²) in [5.41, 5.74) is 6.92. The van der Waals surface area contributed by atoms with E-state index in [1.165, 1.54) is 31.4 Å². The van der Waals surface area contributed by atoms with E-state index in [-0.39, 0.29) is 5.02 Å². The summed E-state index contributed by atoms with van der Waals surface area (Å²) in [5.74, 6) is -0.439. The Kier molecular flexibility index (Phi) is 4.30. The van der Waals surface area contributed by atoms with E-state index < -0.39 is 5.82 Å². The van der Waals surface area contributed by atoms with Crippen LogP contribution in [0.15, 0.2) is 12.1 Å². The largest absolute Gasteiger partial charge is 0.397 e. The Hall–Kier alpha value is -1.00. The molecule has 0 bridgehead atoms. The van der Waals surface area contributed by atoms with Crippen LogP contribution < -0.4 is 11.1 Å². The Morgan fingerprint density at radius 2 is 2.28 bits per heavy atom. The molecule has 1 aliphatic rings. The quantitative estimate of drug-likeness (QED) is 0.831. The highest BCUT2D eigenvalue weighted by Gasteiger charge is 2.18. The van der Waals surface area contributed by atoms with Crippen LogP contribution in [0.3, 0.4) is 0 Å². The molecule has 1 atom stereocenters. The molecule has 0 aromatic heterocycles. The second-order valence-electron chi connectivity index (χ2n) is 4.86. The van der Waals surface area contributed by atoms with Crippen molar-refractivity contribution in [2.24, 2.45) is 0 Å². The van der Waals surface area contributed by atoms with Crippen LogP contribution in [0.5, 0.6) is 0 Å². The number of likely N-dealkylation sites (N-methyl/N-ethyl adjacent to an activating group) is 1. The number of hydrogen-bond acceptors (Lipinski definition) is 3. The molecule has 1 heterocycles. The van der Waals surface area contributed by atoms with Crippen molar-refractivity contribution in [3.8, 4) is 0 Å². The number of nitrogens with zero attached hydrogens (tertiary/aromatic N) is 1. The molecule has 5 heteroatoms. The number of anilines is 2. The van der Waals surface area contributed by atoms with Crippen molar-refractivity contribution < 1.29 is 4.39 Å². The summed E-state index contributed by atoms with van der Waals surface area (Å²) in [7, 11) is 2.12. The second kappa shape index (κ2) is 5.76. The van der Waals surface area contributed by atoms with Crippen LogP contribution in [-0.2, 0) is 0 Å². The van der Waals surface area contributed by atoms with Crippen LogP contribution in [0.2, 0.25) is 5.02 Å². The minimum atomic E-state index is -0.439. The average Bonchev–Trinajstić information content (AvgIpc) is 2.34. The van der Waals surface area contributed by atoms with E-state index in [9.17, 15) is 4.39 Å². The lowest BCUT2D eigenvalue weighted by Crippen LogP contribution is -2.40. The summed E-state index contributed by atoms with van der Waals surface area (Å²) in [6.45, 7) is 1.90. The number of likely N-dealkylation sites (tertiary alicyclic amines) is 1. The van der Waals surface area contributed by atoms with E-state index >= 15 is 0 Å². The summed E-state index contributed by atoms with van der Waals surface area (Å²) >= 11 is 5.67. The molecule has 1 aliphatic heterocycles. The van der Waals surface area contributed by atoms with Gasteiger partial charge < -0.3 is 16.0 Å². The SMILES string of the molecule is CN1CCCCC1CNc1cc(F)c(Cl)cc1N. The molecular weight excluding hydrogens is 253 g/mol.